The average molecular weight is 543 g/mol. The molecule has 40 heavy (non-hydrogen) atoms. The maximum atomic E-state index is 13.6. The Labute approximate surface area is 232 Å². The van der Waals surface area contributed by atoms with E-state index in [9.17, 15) is 14.3 Å². The van der Waals surface area contributed by atoms with E-state index in [0.29, 0.717) is 47.4 Å². The molecule has 1 aliphatic rings. The van der Waals surface area contributed by atoms with Crippen molar-refractivity contribution in [3.8, 4) is 17.2 Å². The van der Waals surface area contributed by atoms with Crippen LogP contribution in [0.3, 0.4) is 0 Å². The molecule has 0 bridgehead atoms. The zero-order valence-electron chi connectivity index (χ0n) is 22.4. The summed E-state index contributed by atoms with van der Waals surface area (Å²) in [6.07, 6.45) is 4.26. The number of piperidine rings is 1. The molecule has 3 aromatic carbocycles. The van der Waals surface area contributed by atoms with Gasteiger partial charge in [-0.25, -0.2) is 14.4 Å². The van der Waals surface area contributed by atoms with Gasteiger partial charge in [-0.15, -0.1) is 0 Å². The minimum absolute atomic E-state index is 0.0141. The topological polar surface area (TPSA) is 96.8 Å². The molecule has 206 valence electrons. The molecule has 1 amide bonds. The summed E-state index contributed by atoms with van der Waals surface area (Å²) >= 11 is 0. The van der Waals surface area contributed by atoms with Gasteiger partial charge < -0.3 is 24.8 Å². The van der Waals surface area contributed by atoms with Crippen molar-refractivity contribution in [3.05, 3.63) is 91.0 Å². The van der Waals surface area contributed by atoms with Gasteiger partial charge in [-0.3, -0.25) is 4.79 Å². The van der Waals surface area contributed by atoms with Crippen LogP contribution in [0.15, 0.2) is 79.6 Å². The molecule has 0 aliphatic carbocycles. The maximum absolute atomic E-state index is 13.6. The van der Waals surface area contributed by atoms with E-state index in [2.05, 4.69) is 21.9 Å². The van der Waals surface area contributed by atoms with Gasteiger partial charge in [0, 0.05) is 48.6 Å². The third kappa shape index (κ3) is 6.21. The van der Waals surface area contributed by atoms with Crippen LogP contribution in [-0.4, -0.2) is 45.1 Å². The Balaban J connectivity index is 1.39. The second-order valence-electron chi connectivity index (χ2n) is 10.2. The van der Waals surface area contributed by atoms with Gasteiger partial charge in [-0.2, -0.15) is 0 Å². The number of hydrogen-bond donors (Lipinski definition) is 2. The number of hydrogen-bond acceptors (Lipinski definition) is 7. The van der Waals surface area contributed by atoms with Crippen LogP contribution in [0.2, 0.25) is 0 Å². The number of halogens is 1. The lowest BCUT2D eigenvalue weighted by molar-refractivity contribution is -0.127. The number of aromatic nitrogens is 2. The van der Waals surface area contributed by atoms with Crippen molar-refractivity contribution >= 4 is 28.3 Å². The summed E-state index contributed by atoms with van der Waals surface area (Å²) in [6.45, 7) is 8.16. The molecule has 1 saturated heterocycles. The Bertz CT molecular complexity index is 1540. The van der Waals surface area contributed by atoms with E-state index in [4.69, 9.17) is 9.47 Å². The summed E-state index contributed by atoms with van der Waals surface area (Å²) < 4.78 is 25.7. The molecule has 0 unspecified atom stereocenters. The molecular formula is C31H31FN4O4. The first kappa shape index (κ1) is 27.1. The number of aliphatic hydroxyl groups is 1. The highest BCUT2D eigenvalue weighted by Gasteiger charge is 2.24. The van der Waals surface area contributed by atoms with Gasteiger partial charge in [0.1, 0.15) is 41.3 Å². The summed E-state index contributed by atoms with van der Waals surface area (Å²) in [4.78, 5) is 22.5. The Morgan fingerprint density at radius 3 is 2.55 bits per heavy atom. The van der Waals surface area contributed by atoms with Crippen LogP contribution in [0.4, 0.5) is 15.9 Å². The van der Waals surface area contributed by atoms with Crippen molar-refractivity contribution in [2.24, 2.45) is 0 Å². The SMILES string of the molecule is C=CC(=O)N1CCC(Oc2ccc3ncnc(Nc4ccc(Oc5cccc(F)c5)cc4C(C)(C)O)c3c2)CC1. The summed E-state index contributed by atoms with van der Waals surface area (Å²) in [5, 5.41) is 15.0. The fourth-order valence-electron chi connectivity index (χ4n) is 4.72. The summed E-state index contributed by atoms with van der Waals surface area (Å²) in [6, 6.07) is 16.8. The van der Waals surface area contributed by atoms with E-state index in [0.717, 1.165) is 23.7 Å². The predicted molar refractivity (Wildman–Crippen MR) is 151 cm³/mol. The molecule has 1 aromatic heterocycles. The summed E-state index contributed by atoms with van der Waals surface area (Å²) in [7, 11) is 0. The van der Waals surface area contributed by atoms with Gasteiger partial charge >= 0.3 is 0 Å². The quantitative estimate of drug-likeness (QED) is 0.260. The molecule has 9 heteroatoms. The van der Waals surface area contributed by atoms with E-state index in [1.165, 1.54) is 24.5 Å². The number of rotatable bonds is 8. The second-order valence-corrected chi connectivity index (χ2v) is 10.2. The molecule has 0 spiro atoms. The van der Waals surface area contributed by atoms with Crippen LogP contribution in [-0.2, 0) is 10.4 Å². The van der Waals surface area contributed by atoms with Crippen LogP contribution in [0, 0.1) is 5.82 Å². The van der Waals surface area contributed by atoms with Crippen molar-refractivity contribution in [1.29, 1.82) is 0 Å². The Morgan fingerprint density at radius 2 is 1.82 bits per heavy atom. The smallest absolute Gasteiger partial charge is 0.245 e. The second kappa shape index (κ2) is 11.3. The highest BCUT2D eigenvalue weighted by Crippen LogP contribution is 2.36. The first-order valence-electron chi connectivity index (χ1n) is 13.1. The molecular weight excluding hydrogens is 511 g/mol. The third-order valence-electron chi connectivity index (χ3n) is 6.77. The number of carbonyl (C=O) groups excluding carboxylic acids is 1. The summed E-state index contributed by atoms with van der Waals surface area (Å²) in [5.74, 6) is 1.58. The number of carbonyl (C=O) groups is 1. The third-order valence-corrected chi connectivity index (χ3v) is 6.77. The van der Waals surface area contributed by atoms with Gasteiger partial charge in [-0.1, -0.05) is 12.6 Å². The zero-order valence-corrected chi connectivity index (χ0v) is 22.4. The number of anilines is 2. The van der Waals surface area contributed by atoms with E-state index in [1.807, 2.05) is 18.2 Å². The lowest BCUT2D eigenvalue weighted by atomic mass is 9.96. The number of fused-ring (bicyclic) bond motifs is 1. The van der Waals surface area contributed by atoms with Gasteiger partial charge in [0.2, 0.25) is 5.91 Å². The molecule has 0 radical (unpaired) electrons. The molecule has 2 heterocycles. The summed E-state index contributed by atoms with van der Waals surface area (Å²) in [5.41, 5.74) is 0.709. The largest absolute Gasteiger partial charge is 0.490 e. The normalized spacial score (nSPS) is 14.2. The monoisotopic (exact) mass is 542 g/mol. The number of nitrogens with zero attached hydrogens (tertiary/aromatic N) is 3. The van der Waals surface area contributed by atoms with Crippen molar-refractivity contribution in [3.63, 3.8) is 0 Å². The van der Waals surface area contributed by atoms with Crippen LogP contribution in [0.25, 0.3) is 10.9 Å². The van der Waals surface area contributed by atoms with Crippen LogP contribution in [0.1, 0.15) is 32.3 Å². The Kier molecular flexibility index (Phi) is 7.66. The molecule has 1 aliphatic heterocycles. The molecule has 4 aromatic rings. The van der Waals surface area contributed by atoms with Crippen molar-refractivity contribution in [1.82, 2.24) is 14.9 Å². The fourth-order valence-corrected chi connectivity index (χ4v) is 4.72. The number of nitrogens with one attached hydrogen (secondary N) is 1. The minimum Gasteiger partial charge on any atom is -0.490 e. The standard InChI is InChI=1S/C31H31FN4O4/c1-4-29(37)36-14-12-21(13-15-36)39-23-8-10-27-25(17-23)30(34-19-33-27)35-28-11-9-24(18-26(28)31(2,3)38)40-22-7-5-6-20(32)16-22/h4-11,16-19,21,38H,1,12-15H2,2-3H3,(H,33,34,35). The van der Waals surface area contributed by atoms with Gasteiger partial charge in [-0.05, 0) is 68.5 Å². The van der Waals surface area contributed by atoms with E-state index in [-0.39, 0.29) is 12.0 Å². The molecule has 1 fully saturated rings. The number of benzene rings is 3. The lowest BCUT2D eigenvalue weighted by Gasteiger charge is -2.31. The number of amides is 1. The van der Waals surface area contributed by atoms with Crippen molar-refractivity contribution < 1.29 is 23.8 Å². The van der Waals surface area contributed by atoms with Gasteiger partial charge in [0.05, 0.1) is 11.1 Å². The molecule has 8 nitrogen and oxygen atoms in total. The first-order chi connectivity index (χ1) is 19.2. The fraction of sp³-hybridized carbons (Fsp3) is 0.258. The number of likely N-dealkylation sites (tertiary alicyclic amines) is 1. The van der Waals surface area contributed by atoms with Crippen LogP contribution < -0.4 is 14.8 Å². The predicted octanol–water partition coefficient (Wildman–Crippen LogP) is 6.09. The minimum atomic E-state index is -1.22. The van der Waals surface area contributed by atoms with Crippen molar-refractivity contribution in [2.45, 2.75) is 38.4 Å². The van der Waals surface area contributed by atoms with Crippen molar-refractivity contribution in [2.75, 3.05) is 18.4 Å². The molecule has 2 N–H and O–H groups in total. The van der Waals surface area contributed by atoms with Gasteiger partial charge in [0.25, 0.3) is 0 Å². The maximum Gasteiger partial charge on any atom is 0.245 e. The van der Waals surface area contributed by atoms with Crippen LogP contribution >= 0.6 is 0 Å². The average Bonchev–Trinajstić information content (AvgIpc) is 2.93. The first-order valence-corrected chi connectivity index (χ1v) is 13.1. The highest BCUT2D eigenvalue weighted by molar-refractivity contribution is 5.92. The van der Waals surface area contributed by atoms with E-state index >= 15 is 0 Å². The Hall–Kier alpha value is -4.50. The Morgan fingerprint density at radius 1 is 1.07 bits per heavy atom. The highest BCUT2D eigenvalue weighted by atomic mass is 19.1. The zero-order chi connectivity index (χ0) is 28.3. The molecule has 0 saturated carbocycles. The van der Waals surface area contributed by atoms with E-state index in [1.54, 1.807) is 49.1 Å². The van der Waals surface area contributed by atoms with Gasteiger partial charge in [0.15, 0.2) is 0 Å². The van der Waals surface area contributed by atoms with Crippen LogP contribution in [0.5, 0.6) is 17.2 Å². The molecule has 0 atom stereocenters. The molecule has 5 rings (SSSR count). The van der Waals surface area contributed by atoms with E-state index < -0.39 is 11.4 Å². The lowest BCUT2D eigenvalue weighted by Crippen LogP contribution is -2.41. The number of ether oxygens (including phenoxy) is 2.